The number of nitrogens with zero attached hydrogens (tertiary/aromatic N) is 1. The summed E-state index contributed by atoms with van der Waals surface area (Å²) in [6.45, 7) is 17.2. The summed E-state index contributed by atoms with van der Waals surface area (Å²) in [5.41, 5.74) is 21.3. The number of anilines is 1. The highest BCUT2D eigenvalue weighted by Gasteiger charge is 2.34. The molecule has 10 aromatic carbocycles. The number of allylic oxidation sites excluding steroid dienone is 6. The Balaban J connectivity index is 1.15. The molecular weight excluding hydrogens is 783 g/mol. The van der Waals surface area contributed by atoms with Crippen molar-refractivity contribution >= 4 is 71.2 Å². The summed E-state index contributed by atoms with van der Waals surface area (Å²) in [7, 11) is 0. The van der Waals surface area contributed by atoms with Crippen molar-refractivity contribution in [3.05, 3.63) is 200 Å². The molecule has 0 aromatic heterocycles. The summed E-state index contributed by atoms with van der Waals surface area (Å²) in [5, 5.41) is 13.2. The Morgan fingerprint density at radius 2 is 1.02 bits per heavy atom. The molecule has 0 atom stereocenters. The van der Waals surface area contributed by atoms with Gasteiger partial charge in [-0.1, -0.05) is 171 Å². The van der Waals surface area contributed by atoms with E-state index in [1.54, 1.807) is 0 Å². The van der Waals surface area contributed by atoms with Gasteiger partial charge in [0.25, 0.3) is 0 Å². The van der Waals surface area contributed by atoms with E-state index in [2.05, 4.69) is 183 Å². The average Bonchev–Trinajstić information content (AvgIpc) is 3.87. The van der Waals surface area contributed by atoms with Gasteiger partial charge in [-0.05, 0) is 187 Å². The first kappa shape index (κ1) is 37.8. The van der Waals surface area contributed by atoms with E-state index < -0.39 is 0 Å². The number of hydrogen-bond donors (Lipinski definition) is 0. The van der Waals surface area contributed by atoms with Crippen LogP contribution in [0.15, 0.2) is 184 Å². The third-order valence-electron chi connectivity index (χ3n) is 15.0. The second-order valence-electron chi connectivity index (χ2n) is 18.3. The Labute approximate surface area is 380 Å². The lowest BCUT2D eigenvalue weighted by Crippen LogP contribution is -2.29. The minimum absolute atomic E-state index is 0.953. The van der Waals surface area contributed by atoms with Crippen molar-refractivity contribution < 1.29 is 0 Å². The van der Waals surface area contributed by atoms with E-state index in [9.17, 15) is 0 Å². The van der Waals surface area contributed by atoms with Crippen molar-refractivity contribution in [2.45, 2.75) is 26.2 Å². The highest BCUT2D eigenvalue weighted by molar-refractivity contribution is 6.41. The van der Waals surface area contributed by atoms with E-state index in [0.29, 0.717) is 0 Å². The number of hydrogen-bond acceptors (Lipinski definition) is 1. The van der Waals surface area contributed by atoms with Gasteiger partial charge in [-0.3, -0.25) is 0 Å². The molecule has 1 heteroatoms. The molecular formula is C64H47N. The zero-order valence-electron chi connectivity index (χ0n) is 36.8. The van der Waals surface area contributed by atoms with Gasteiger partial charge in [-0.15, -0.1) is 0 Å². The van der Waals surface area contributed by atoms with E-state index >= 15 is 0 Å². The lowest BCUT2D eigenvalue weighted by atomic mass is 9.78. The number of piperidine rings is 1. The molecule has 0 saturated carbocycles. The minimum Gasteiger partial charge on any atom is -0.372 e. The average molecular weight is 830 g/mol. The molecule has 2 aliphatic carbocycles. The largest absolute Gasteiger partial charge is 0.372 e. The van der Waals surface area contributed by atoms with Crippen LogP contribution in [0.1, 0.15) is 36.0 Å². The topological polar surface area (TPSA) is 3.24 Å². The third kappa shape index (κ3) is 5.27. The molecule has 10 aromatic rings. The summed E-state index contributed by atoms with van der Waals surface area (Å²) < 4.78 is 0. The Kier molecular flexibility index (Phi) is 8.37. The van der Waals surface area contributed by atoms with Gasteiger partial charge >= 0.3 is 0 Å². The Morgan fingerprint density at radius 3 is 1.63 bits per heavy atom. The normalized spacial score (nSPS) is 14.0. The van der Waals surface area contributed by atoms with Crippen LogP contribution in [0, 0.1) is 6.92 Å². The van der Waals surface area contributed by atoms with Crippen LogP contribution >= 0.6 is 0 Å². The Bertz CT molecular complexity index is 3760. The van der Waals surface area contributed by atoms with Crippen LogP contribution in [0.5, 0.6) is 0 Å². The second kappa shape index (κ2) is 14.4. The van der Waals surface area contributed by atoms with Gasteiger partial charge < -0.3 is 4.90 Å². The SMILES string of the molecule is C=C/C=C\C(=C)c1cc2c(-c3ccccc3)c3c(c(-c4ccccc4)c2c(/C=C\C=C)c1C)-c1ccc2c4ccc5c6c(ccc(c7ccc-3c1c72)c64)-c1ccc(N2CCCCC2)cc1-5. The number of benzene rings is 10. The maximum absolute atomic E-state index is 4.61. The lowest BCUT2D eigenvalue weighted by Gasteiger charge is -2.29. The van der Waals surface area contributed by atoms with Crippen molar-refractivity contribution in [1.29, 1.82) is 0 Å². The van der Waals surface area contributed by atoms with Gasteiger partial charge in [-0.25, -0.2) is 0 Å². The van der Waals surface area contributed by atoms with Crippen molar-refractivity contribution in [2.24, 2.45) is 0 Å². The van der Waals surface area contributed by atoms with Gasteiger partial charge in [0.2, 0.25) is 0 Å². The van der Waals surface area contributed by atoms with Crippen molar-refractivity contribution in [3.8, 4) is 66.8 Å². The van der Waals surface area contributed by atoms with Crippen LogP contribution in [-0.4, -0.2) is 13.1 Å². The van der Waals surface area contributed by atoms with Crippen molar-refractivity contribution in [2.75, 3.05) is 18.0 Å². The predicted molar refractivity (Wildman–Crippen MR) is 283 cm³/mol. The number of fused-ring (bicyclic) bond motifs is 9. The highest BCUT2D eigenvalue weighted by atomic mass is 15.1. The van der Waals surface area contributed by atoms with Gasteiger partial charge in [-0.2, -0.15) is 0 Å². The molecule has 1 saturated heterocycles. The number of rotatable bonds is 8. The van der Waals surface area contributed by atoms with Crippen LogP contribution in [0.3, 0.4) is 0 Å². The molecule has 0 amide bonds. The molecule has 3 aliphatic rings. The van der Waals surface area contributed by atoms with Crippen molar-refractivity contribution in [1.82, 2.24) is 0 Å². The van der Waals surface area contributed by atoms with E-state index in [-0.39, 0.29) is 0 Å². The molecule has 0 spiro atoms. The molecule has 308 valence electrons. The lowest BCUT2D eigenvalue weighted by molar-refractivity contribution is 0.578. The third-order valence-corrected chi connectivity index (χ3v) is 15.0. The maximum Gasteiger partial charge on any atom is 0.0372 e. The Hall–Kier alpha value is -7.74. The van der Waals surface area contributed by atoms with Gasteiger partial charge in [0.15, 0.2) is 0 Å². The van der Waals surface area contributed by atoms with E-state index in [0.717, 1.165) is 24.2 Å². The first-order valence-corrected chi connectivity index (χ1v) is 23.2. The van der Waals surface area contributed by atoms with Crippen LogP contribution in [0.25, 0.3) is 132 Å². The molecule has 0 N–H and O–H groups in total. The molecule has 1 heterocycles. The van der Waals surface area contributed by atoms with Crippen LogP contribution in [0.2, 0.25) is 0 Å². The Morgan fingerprint density at radius 1 is 0.477 bits per heavy atom. The van der Waals surface area contributed by atoms with E-state index in [1.165, 1.54) is 157 Å². The molecule has 1 nitrogen and oxygen atoms in total. The van der Waals surface area contributed by atoms with Crippen LogP contribution < -0.4 is 4.90 Å². The summed E-state index contributed by atoms with van der Waals surface area (Å²) in [6, 6.07) is 51.2. The zero-order valence-corrected chi connectivity index (χ0v) is 36.8. The highest BCUT2D eigenvalue weighted by Crippen LogP contribution is 2.61. The van der Waals surface area contributed by atoms with E-state index in [1.807, 2.05) is 18.2 Å². The fourth-order valence-corrected chi connectivity index (χ4v) is 12.2. The maximum atomic E-state index is 4.61. The summed E-state index contributed by atoms with van der Waals surface area (Å²) in [5.74, 6) is 0. The van der Waals surface area contributed by atoms with Gasteiger partial charge in [0, 0.05) is 18.8 Å². The fourth-order valence-electron chi connectivity index (χ4n) is 12.2. The molecule has 1 aliphatic heterocycles. The monoisotopic (exact) mass is 829 g/mol. The summed E-state index contributed by atoms with van der Waals surface area (Å²) >= 11 is 0. The molecule has 0 bridgehead atoms. The first-order chi connectivity index (χ1) is 32.1. The summed E-state index contributed by atoms with van der Waals surface area (Å²) in [4.78, 5) is 2.59. The van der Waals surface area contributed by atoms with Gasteiger partial charge in [0.05, 0.1) is 0 Å². The standard InChI is InChI=1S/C64H47N/c1-5-7-18-38(3)53-37-55-56(40-19-12-9-13-20-40)63-51-32-30-48-46-27-26-45-44-25-24-42(65-34-16-11-17-35-65)36-54(44)50-29-28-47(60(46)59(45)50)49-31-33-52(62(51)61(48)49)64(63)57(41-21-14-10-15-22-41)58(55)43(39(53)4)23-8-6-2/h5-10,12-15,18-33,36-37H,1-3,11,16-17,34-35H2,4H3/b18-7-,23-8-. The molecule has 65 heavy (non-hydrogen) atoms. The zero-order chi connectivity index (χ0) is 43.5. The van der Waals surface area contributed by atoms with Crippen LogP contribution in [-0.2, 0) is 0 Å². The quantitative estimate of drug-likeness (QED) is 0.0838. The summed E-state index contributed by atoms with van der Waals surface area (Å²) in [6.07, 6.45) is 16.0. The molecule has 1 fully saturated rings. The van der Waals surface area contributed by atoms with E-state index in [4.69, 9.17) is 0 Å². The predicted octanol–water partition coefficient (Wildman–Crippen LogP) is 17.8. The fraction of sp³-hybridized carbons (Fsp3) is 0.0938. The second-order valence-corrected chi connectivity index (χ2v) is 18.3. The van der Waals surface area contributed by atoms with Gasteiger partial charge in [0.1, 0.15) is 0 Å². The molecule has 13 rings (SSSR count). The first-order valence-electron chi connectivity index (χ1n) is 23.2. The molecule has 0 radical (unpaired) electrons. The molecule has 0 unspecified atom stereocenters. The minimum atomic E-state index is 0.953. The van der Waals surface area contributed by atoms with Crippen molar-refractivity contribution in [3.63, 3.8) is 0 Å². The smallest absolute Gasteiger partial charge is 0.0372 e. The van der Waals surface area contributed by atoms with Crippen LogP contribution in [0.4, 0.5) is 5.69 Å².